The zero-order valence-electron chi connectivity index (χ0n) is 11.5. The van der Waals surface area contributed by atoms with Crippen molar-refractivity contribution in [1.82, 2.24) is 0 Å². The third kappa shape index (κ3) is 3.52. The first-order valence-electron chi connectivity index (χ1n) is 6.74. The summed E-state index contributed by atoms with van der Waals surface area (Å²) in [5, 5.41) is 21.5. The van der Waals surface area contributed by atoms with Gasteiger partial charge in [-0.15, -0.1) is 0 Å². The van der Waals surface area contributed by atoms with Crippen LogP contribution in [-0.2, 0) is 6.42 Å². The van der Waals surface area contributed by atoms with Crippen LogP contribution in [0.2, 0.25) is 0 Å². The van der Waals surface area contributed by atoms with E-state index < -0.39 is 0 Å². The van der Waals surface area contributed by atoms with Crippen LogP contribution in [-0.4, -0.2) is 5.11 Å². The summed E-state index contributed by atoms with van der Waals surface area (Å²) in [5.74, 6) is 0.282. The summed E-state index contributed by atoms with van der Waals surface area (Å²) in [5.41, 5.74) is 3.20. The lowest BCUT2D eigenvalue weighted by Crippen LogP contribution is -2.09. The van der Waals surface area contributed by atoms with Crippen molar-refractivity contribution < 1.29 is 5.11 Å². The fraction of sp³-hybridized carbons (Fsp3) is 0.235. The molecule has 0 amide bonds. The number of nitrogens with one attached hydrogen (secondary N) is 1. The Hall–Kier alpha value is -2.47. The van der Waals surface area contributed by atoms with Crippen molar-refractivity contribution in [2.45, 2.75) is 25.8 Å². The van der Waals surface area contributed by atoms with Crippen LogP contribution in [0.4, 0.5) is 5.69 Å². The highest BCUT2D eigenvalue weighted by Gasteiger charge is 2.09. The van der Waals surface area contributed by atoms with E-state index in [1.807, 2.05) is 36.4 Å². The van der Waals surface area contributed by atoms with E-state index in [0.29, 0.717) is 6.42 Å². The van der Waals surface area contributed by atoms with Gasteiger partial charge in [-0.1, -0.05) is 31.2 Å². The summed E-state index contributed by atoms with van der Waals surface area (Å²) in [4.78, 5) is 0. The summed E-state index contributed by atoms with van der Waals surface area (Å²) in [6, 6.07) is 17.5. The smallest absolute Gasteiger partial charge is 0.115 e. The van der Waals surface area contributed by atoms with Crippen LogP contribution in [0.1, 0.15) is 30.5 Å². The van der Waals surface area contributed by atoms with E-state index in [0.717, 1.165) is 23.2 Å². The number of phenols is 1. The molecule has 1 unspecified atom stereocenters. The second-order valence-corrected chi connectivity index (χ2v) is 4.73. The quantitative estimate of drug-likeness (QED) is 0.859. The monoisotopic (exact) mass is 266 g/mol. The number of nitriles is 1. The first kappa shape index (κ1) is 14.0. The summed E-state index contributed by atoms with van der Waals surface area (Å²) in [6.07, 6.45) is 1.39. The Labute approximate surface area is 119 Å². The topological polar surface area (TPSA) is 56.0 Å². The van der Waals surface area contributed by atoms with Gasteiger partial charge in [0.2, 0.25) is 0 Å². The zero-order valence-corrected chi connectivity index (χ0v) is 11.5. The highest BCUT2D eigenvalue weighted by molar-refractivity contribution is 5.47. The molecule has 2 rings (SSSR count). The van der Waals surface area contributed by atoms with Gasteiger partial charge in [0.05, 0.1) is 18.5 Å². The minimum absolute atomic E-state index is 0.206. The van der Waals surface area contributed by atoms with Crippen molar-refractivity contribution in [1.29, 1.82) is 5.26 Å². The molecule has 0 aliphatic rings. The molecule has 2 aromatic rings. The average molecular weight is 266 g/mol. The lowest BCUT2D eigenvalue weighted by Gasteiger charge is -2.19. The molecular weight excluding hydrogens is 248 g/mol. The fourth-order valence-corrected chi connectivity index (χ4v) is 2.14. The Kier molecular flexibility index (Phi) is 4.62. The maximum atomic E-state index is 9.34. The predicted octanol–water partition coefficient (Wildman–Crippen LogP) is 4.02. The summed E-state index contributed by atoms with van der Waals surface area (Å²) in [7, 11) is 0. The molecule has 3 heteroatoms. The summed E-state index contributed by atoms with van der Waals surface area (Å²) >= 11 is 0. The van der Waals surface area contributed by atoms with Crippen molar-refractivity contribution in [3.63, 3.8) is 0 Å². The molecule has 3 nitrogen and oxygen atoms in total. The Morgan fingerprint density at radius 2 is 1.75 bits per heavy atom. The third-order valence-corrected chi connectivity index (χ3v) is 3.28. The maximum absolute atomic E-state index is 9.34. The van der Waals surface area contributed by atoms with Gasteiger partial charge in [-0.05, 0) is 41.8 Å². The molecule has 1 atom stereocenters. The second-order valence-electron chi connectivity index (χ2n) is 4.73. The van der Waals surface area contributed by atoms with Crippen LogP contribution >= 0.6 is 0 Å². The zero-order chi connectivity index (χ0) is 14.4. The van der Waals surface area contributed by atoms with Crippen LogP contribution in [0.15, 0.2) is 48.5 Å². The molecule has 0 radical (unpaired) electrons. The Morgan fingerprint density at radius 1 is 1.10 bits per heavy atom. The van der Waals surface area contributed by atoms with Gasteiger partial charge in [-0.3, -0.25) is 0 Å². The number of benzene rings is 2. The molecule has 0 saturated heterocycles. The average Bonchev–Trinajstić information content (AvgIpc) is 2.48. The van der Waals surface area contributed by atoms with Gasteiger partial charge in [0.1, 0.15) is 5.75 Å². The van der Waals surface area contributed by atoms with Gasteiger partial charge in [0, 0.05) is 5.69 Å². The van der Waals surface area contributed by atoms with E-state index in [1.165, 1.54) is 0 Å². The largest absolute Gasteiger partial charge is 0.508 e. The summed E-state index contributed by atoms with van der Waals surface area (Å²) < 4.78 is 0. The van der Waals surface area contributed by atoms with Gasteiger partial charge in [0.25, 0.3) is 0 Å². The van der Waals surface area contributed by atoms with Gasteiger partial charge >= 0.3 is 0 Å². The molecule has 102 valence electrons. The highest BCUT2D eigenvalue weighted by atomic mass is 16.3. The first-order valence-corrected chi connectivity index (χ1v) is 6.74. The van der Waals surface area contributed by atoms with Gasteiger partial charge < -0.3 is 10.4 Å². The molecular formula is C17H18N2O. The highest BCUT2D eigenvalue weighted by Crippen LogP contribution is 2.24. The molecule has 2 N–H and O–H groups in total. The number of anilines is 1. The molecule has 0 aromatic heterocycles. The third-order valence-electron chi connectivity index (χ3n) is 3.28. The molecule has 0 spiro atoms. The lowest BCUT2D eigenvalue weighted by molar-refractivity contribution is 0.475. The fourth-order valence-electron chi connectivity index (χ4n) is 2.14. The molecule has 0 saturated carbocycles. The molecule has 2 aromatic carbocycles. The number of rotatable bonds is 5. The number of hydrogen-bond acceptors (Lipinski definition) is 3. The SMILES string of the molecule is CCC(Nc1ccc(CC#N)cc1)c1ccc(O)cc1. The Balaban J connectivity index is 2.10. The van der Waals surface area contributed by atoms with E-state index in [-0.39, 0.29) is 11.8 Å². The Morgan fingerprint density at radius 3 is 2.30 bits per heavy atom. The molecule has 20 heavy (non-hydrogen) atoms. The van der Waals surface area contributed by atoms with Crippen molar-refractivity contribution in [3.05, 3.63) is 59.7 Å². The number of hydrogen-bond donors (Lipinski definition) is 2. The van der Waals surface area contributed by atoms with Crippen LogP contribution in [0.5, 0.6) is 5.75 Å². The molecule has 0 bridgehead atoms. The van der Waals surface area contributed by atoms with E-state index in [1.54, 1.807) is 12.1 Å². The predicted molar refractivity (Wildman–Crippen MR) is 80.5 cm³/mol. The van der Waals surface area contributed by atoms with E-state index in [2.05, 4.69) is 18.3 Å². The number of nitrogens with zero attached hydrogens (tertiary/aromatic N) is 1. The standard InChI is InChI=1S/C17H18N2O/c1-2-17(14-5-9-16(20)10-6-14)19-15-7-3-13(4-8-15)11-12-18/h3-10,17,19-20H,2,11H2,1H3. The second kappa shape index (κ2) is 6.63. The maximum Gasteiger partial charge on any atom is 0.115 e. The Bertz CT molecular complexity index is 582. The van der Waals surface area contributed by atoms with Gasteiger partial charge in [-0.2, -0.15) is 5.26 Å². The normalized spacial score (nSPS) is 11.6. The molecule has 0 fully saturated rings. The van der Waals surface area contributed by atoms with E-state index >= 15 is 0 Å². The molecule has 0 aliphatic carbocycles. The van der Waals surface area contributed by atoms with Crippen LogP contribution in [0.25, 0.3) is 0 Å². The van der Waals surface area contributed by atoms with Crippen LogP contribution < -0.4 is 5.32 Å². The molecule has 0 aliphatic heterocycles. The first-order chi connectivity index (χ1) is 9.72. The van der Waals surface area contributed by atoms with Crippen molar-refractivity contribution >= 4 is 5.69 Å². The van der Waals surface area contributed by atoms with Crippen LogP contribution in [0.3, 0.4) is 0 Å². The minimum atomic E-state index is 0.206. The van der Waals surface area contributed by atoms with Gasteiger partial charge in [0.15, 0.2) is 0 Å². The minimum Gasteiger partial charge on any atom is -0.508 e. The number of phenolic OH excluding ortho intramolecular Hbond substituents is 1. The van der Waals surface area contributed by atoms with E-state index in [9.17, 15) is 5.11 Å². The van der Waals surface area contributed by atoms with E-state index in [4.69, 9.17) is 5.26 Å². The summed E-state index contributed by atoms with van der Waals surface area (Å²) in [6.45, 7) is 2.12. The van der Waals surface area contributed by atoms with Crippen molar-refractivity contribution in [2.75, 3.05) is 5.32 Å². The molecule has 0 heterocycles. The van der Waals surface area contributed by atoms with Crippen molar-refractivity contribution in [3.8, 4) is 11.8 Å². The van der Waals surface area contributed by atoms with Gasteiger partial charge in [-0.25, -0.2) is 0 Å². The van der Waals surface area contributed by atoms with Crippen molar-refractivity contribution in [2.24, 2.45) is 0 Å². The number of aromatic hydroxyl groups is 1. The van der Waals surface area contributed by atoms with Crippen LogP contribution in [0, 0.1) is 11.3 Å². The lowest BCUT2D eigenvalue weighted by atomic mass is 10.0.